The van der Waals surface area contributed by atoms with Crippen LogP contribution in [0.25, 0.3) is 5.70 Å². The lowest BCUT2D eigenvalue weighted by molar-refractivity contribution is -0.147. The average Bonchev–Trinajstić information content (AvgIpc) is 2.92. The number of nitrogens with zero attached hydrogens (tertiary/aromatic N) is 2. The second-order valence-corrected chi connectivity index (χ2v) is 6.31. The van der Waals surface area contributed by atoms with E-state index in [4.69, 9.17) is 21.6 Å². The van der Waals surface area contributed by atoms with Crippen molar-refractivity contribution in [1.82, 2.24) is 4.90 Å². The lowest BCUT2D eigenvalue weighted by Crippen LogP contribution is -2.32. The van der Waals surface area contributed by atoms with Gasteiger partial charge in [-0.05, 0) is 24.3 Å². The SMILES string of the molecule is C=C1c2ccccc2C(=O)N1CC(=O)OCC(=O)Nc1ccc(C#N)c(Cl)c1. The van der Waals surface area contributed by atoms with E-state index in [1.165, 1.54) is 23.1 Å². The van der Waals surface area contributed by atoms with E-state index in [-0.39, 0.29) is 23.0 Å². The number of carbonyl (C=O) groups excluding carboxylic acids is 3. The molecular weight excluding hydrogens is 382 g/mol. The van der Waals surface area contributed by atoms with Crippen LogP contribution in [-0.4, -0.2) is 35.8 Å². The first kappa shape index (κ1) is 19.1. The predicted octanol–water partition coefficient (Wildman–Crippen LogP) is 2.82. The first-order valence-electron chi connectivity index (χ1n) is 8.16. The minimum absolute atomic E-state index is 0.197. The standard InChI is InChI=1S/C20H14ClN3O4/c1-12-15-4-2-3-5-16(15)20(27)24(12)10-19(26)28-11-18(25)23-14-7-6-13(9-22)17(21)8-14/h2-8H,1,10-11H2,(H,23,25). The van der Waals surface area contributed by atoms with Crippen LogP contribution in [0.3, 0.4) is 0 Å². The zero-order valence-electron chi connectivity index (χ0n) is 14.6. The van der Waals surface area contributed by atoms with Crippen LogP contribution in [0, 0.1) is 11.3 Å². The van der Waals surface area contributed by atoms with Crippen molar-refractivity contribution in [2.45, 2.75) is 0 Å². The lowest BCUT2D eigenvalue weighted by atomic mass is 10.1. The first-order chi connectivity index (χ1) is 13.4. The van der Waals surface area contributed by atoms with Crippen LogP contribution in [0.5, 0.6) is 0 Å². The van der Waals surface area contributed by atoms with Gasteiger partial charge in [0.2, 0.25) is 0 Å². The maximum absolute atomic E-state index is 12.3. The third-order valence-corrected chi connectivity index (χ3v) is 4.38. The molecular formula is C20H14ClN3O4. The van der Waals surface area contributed by atoms with E-state index in [1.54, 1.807) is 24.3 Å². The Balaban J connectivity index is 1.53. The predicted molar refractivity (Wildman–Crippen MR) is 102 cm³/mol. The molecule has 0 unspecified atom stereocenters. The van der Waals surface area contributed by atoms with Gasteiger partial charge in [-0.15, -0.1) is 0 Å². The van der Waals surface area contributed by atoms with Gasteiger partial charge in [-0.1, -0.05) is 36.4 Å². The van der Waals surface area contributed by atoms with Crippen LogP contribution < -0.4 is 5.32 Å². The number of hydrogen-bond donors (Lipinski definition) is 1. The molecule has 0 spiro atoms. The van der Waals surface area contributed by atoms with E-state index in [0.717, 1.165) is 0 Å². The summed E-state index contributed by atoms with van der Waals surface area (Å²) in [5, 5.41) is 11.5. The van der Waals surface area contributed by atoms with Gasteiger partial charge >= 0.3 is 5.97 Å². The van der Waals surface area contributed by atoms with Gasteiger partial charge in [-0.3, -0.25) is 19.3 Å². The Bertz CT molecular complexity index is 1010. The first-order valence-corrected chi connectivity index (χ1v) is 8.54. The fourth-order valence-electron chi connectivity index (χ4n) is 2.70. The summed E-state index contributed by atoms with van der Waals surface area (Å²) >= 11 is 5.90. The molecule has 1 aliphatic heterocycles. The molecule has 0 fully saturated rings. The second kappa shape index (κ2) is 7.94. The smallest absolute Gasteiger partial charge is 0.326 e. The molecule has 28 heavy (non-hydrogen) atoms. The Morgan fingerprint density at radius 1 is 1.21 bits per heavy atom. The molecule has 0 aliphatic carbocycles. The molecule has 1 N–H and O–H groups in total. The van der Waals surface area contributed by atoms with Gasteiger partial charge in [0, 0.05) is 22.5 Å². The maximum atomic E-state index is 12.3. The van der Waals surface area contributed by atoms with E-state index >= 15 is 0 Å². The largest absolute Gasteiger partial charge is 0.454 e. The van der Waals surface area contributed by atoms with Gasteiger partial charge < -0.3 is 10.1 Å². The van der Waals surface area contributed by atoms with Crippen LogP contribution in [0.2, 0.25) is 5.02 Å². The average molecular weight is 396 g/mol. The van der Waals surface area contributed by atoms with Crippen molar-refractivity contribution in [3.8, 4) is 6.07 Å². The van der Waals surface area contributed by atoms with Gasteiger partial charge in [0.25, 0.3) is 11.8 Å². The summed E-state index contributed by atoms with van der Waals surface area (Å²) < 4.78 is 4.94. The Hall–Kier alpha value is -3.63. The van der Waals surface area contributed by atoms with E-state index in [1.807, 2.05) is 6.07 Å². The van der Waals surface area contributed by atoms with E-state index in [9.17, 15) is 14.4 Å². The molecule has 0 atom stereocenters. The van der Waals surface area contributed by atoms with Crippen molar-refractivity contribution < 1.29 is 19.1 Å². The van der Waals surface area contributed by atoms with Crippen molar-refractivity contribution in [1.29, 1.82) is 5.26 Å². The normalized spacial score (nSPS) is 12.4. The summed E-state index contributed by atoms with van der Waals surface area (Å²) in [6.07, 6.45) is 0. The molecule has 1 aliphatic rings. The number of nitriles is 1. The molecule has 140 valence electrons. The highest BCUT2D eigenvalue weighted by Crippen LogP contribution is 2.30. The van der Waals surface area contributed by atoms with Crippen LogP contribution in [-0.2, 0) is 14.3 Å². The number of carbonyl (C=O) groups is 3. The molecule has 3 rings (SSSR count). The quantitative estimate of drug-likeness (QED) is 0.785. The Labute approximate surface area is 165 Å². The number of fused-ring (bicyclic) bond motifs is 1. The van der Waals surface area contributed by atoms with Crippen LogP contribution in [0.4, 0.5) is 5.69 Å². The summed E-state index contributed by atoms with van der Waals surface area (Å²) in [5.41, 5.74) is 2.19. The summed E-state index contributed by atoms with van der Waals surface area (Å²) in [4.78, 5) is 37.5. The molecule has 0 radical (unpaired) electrons. The molecule has 8 heteroatoms. The maximum Gasteiger partial charge on any atom is 0.326 e. The van der Waals surface area contributed by atoms with Gasteiger partial charge in [-0.2, -0.15) is 5.26 Å². The number of benzene rings is 2. The van der Waals surface area contributed by atoms with Gasteiger partial charge in [0.1, 0.15) is 12.6 Å². The van der Waals surface area contributed by atoms with Gasteiger partial charge in [0.05, 0.1) is 10.6 Å². The zero-order chi connectivity index (χ0) is 20.3. The Kier molecular flexibility index (Phi) is 5.43. The highest BCUT2D eigenvalue weighted by atomic mass is 35.5. The monoisotopic (exact) mass is 395 g/mol. The molecule has 0 saturated carbocycles. The third-order valence-electron chi connectivity index (χ3n) is 4.06. The van der Waals surface area contributed by atoms with Crippen molar-refractivity contribution in [2.24, 2.45) is 0 Å². The number of halogens is 1. The molecule has 0 saturated heterocycles. The van der Waals surface area contributed by atoms with Crippen molar-refractivity contribution >= 4 is 40.8 Å². The summed E-state index contributed by atoms with van der Waals surface area (Å²) in [6, 6.07) is 13.2. The van der Waals surface area contributed by atoms with Crippen molar-refractivity contribution in [2.75, 3.05) is 18.5 Å². The number of amides is 2. The number of nitrogens with one attached hydrogen (secondary N) is 1. The minimum atomic E-state index is -0.740. The highest BCUT2D eigenvalue weighted by Gasteiger charge is 2.32. The highest BCUT2D eigenvalue weighted by molar-refractivity contribution is 6.32. The second-order valence-electron chi connectivity index (χ2n) is 5.90. The Morgan fingerprint density at radius 3 is 2.57 bits per heavy atom. The summed E-state index contributed by atoms with van der Waals surface area (Å²) in [6.45, 7) is 2.96. The molecule has 2 amide bonds. The van der Waals surface area contributed by atoms with Crippen LogP contribution in [0.15, 0.2) is 49.0 Å². The summed E-state index contributed by atoms with van der Waals surface area (Å²) in [7, 11) is 0. The number of esters is 1. The number of hydrogen-bond acceptors (Lipinski definition) is 5. The molecule has 1 heterocycles. The molecule has 2 aromatic rings. The third kappa shape index (κ3) is 3.87. The van der Waals surface area contributed by atoms with E-state index in [2.05, 4.69) is 11.9 Å². The summed E-state index contributed by atoms with van der Waals surface area (Å²) in [5.74, 6) is -1.66. The molecule has 0 aromatic heterocycles. The fraction of sp³-hybridized carbons (Fsp3) is 0.100. The van der Waals surface area contributed by atoms with Gasteiger partial charge in [0.15, 0.2) is 6.61 Å². The molecule has 0 bridgehead atoms. The number of ether oxygens (including phenoxy) is 1. The van der Waals surface area contributed by atoms with Crippen LogP contribution in [0.1, 0.15) is 21.5 Å². The lowest BCUT2D eigenvalue weighted by Gasteiger charge is -2.16. The Morgan fingerprint density at radius 2 is 1.93 bits per heavy atom. The fourth-order valence-corrected chi connectivity index (χ4v) is 2.93. The van der Waals surface area contributed by atoms with Crippen LogP contribution >= 0.6 is 11.6 Å². The number of rotatable bonds is 5. The molecule has 2 aromatic carbocycles. The minimum Gasteiger partial charge on any atom is -0.454 e. The van der Waals surface area contributed by atoms with Crippen molar-refractivity contribution in [3.05, 3.63) is 70.8 Å². The van der Waals surface area contributed by atoms with Gasteiger partial charge in [-0.25, -0.2) is 0 Å². The zero-order valence-corrected chi connectivity index (χ0v) is 15.3. The topological polar surface area (TPSA) is 99.5 Å². The molecule has 7 nitrogen and oxygen atoms in total. The number of anilines is 1. The van der Waals surface area contributed by atoms with E-state index < -0.39 is 18.5 Å². The van der Waals surface area contributed by atoms with Crippen molar-refractivity contribution in [3.63, 3.8) is 0 Å². The van der Waals surface area contributed by atoms with E-state index in [0.29, 0.717) is 22.5 Å².